The zero-order chi connectivity index (χ0) is 16.3. The van der Waals surface area contributed by atoms with Crippen molar-refractivity contribution in [2.24, 2.45) is 0 Å². The number of alkyl halides is 4. The molecule has 0 aliphatic carbocycles. The first kappa shape index (κ1) is 16.5. The predicted molar refractivity (Wildman–Crippen MR) is 80.9 cm³/mol. The summed E-state index contributed by atoms with van der Waals surface area (Å²) in [5.41, 5.74) is 1.91. The molecule has 0 atom stereocenters. The molecule has 0 N–H and O–H groups in total. The van der Waals surface area contributed by atoms with Crippen LogP contribution in [0.15, 0.2) is 42.5 Å². The molecular weight excluding hydrogens is 361 g/mol. The third-order valence-corrected chi connectivity index (χ3v) is 3.80. The van der Waals surface area contributed by atoms with E-state index in [2.05, 4.69) is 20.7 Å². The molecule has 0 bridgehead atoms. The Labute approximate surface area is 134 Å². The lowest BCUT2D eigenvalue weighted by atomic mass is 9.97. The molecule has 0 fully saturated rings. The van der Waals surface area contributed by atoms with Crippen LogP contribution in [0.5, 0.6) is 0 Å². The van der Waals surface area contributed by atoms with Gasteiger partial charge in [-0.25, -0.2) is 4.79 Å². The fourth-order valence-corrected chi connectivity index (χ4v) is 2.53. The van der Waals surface area contributed by atoms with Crippen LogP contribution in [-0.2, 0) is 16.2 Å². The Morgan fingerprint density at radius 3 is 2.27 bits per heavy atom. The van der Waals surface area contributed by atoms with E-state index in [1.54, 1.807) is 18.2 Å². The molecule has 0 aromatic heterocycles. The Hall–Kier alpha value is -1.82. The number of ether oxygens (including phenoxy) is 1. The van der Waals surface area contributed by atoms with E-state index in [0.717, 1.165) is 23.3 Å². The summed E-state index contributed by atoms with van der Waals surface area (Å²) >= 11 is 3.32. The van der Waals surface area contributed by atoms with Gasteiger partial charge in [0.15, 0.2) is 0 Å². The molecule has 2 rings (SSSR count). The Bertz CT molecular complexity index is 679. The topological polar surface area (TPSA) is 26.3 Å². The standard InChI is InChI=1S/C16H12BrF3O2/c1-22-15(21)11-4-7-14(12(8-11)9-17)10-2-5-13(6-3-10)16(18,19)20/h2-8H,9H2,1H3. The fourth-order valence-electron chi connectivity index (χ4n) is 2.07. The Kier molecular flexibility index (Phi) is 4.90. The molecule has 22 heavy (non-hydrogen) atoms. The zero-order valence-electron chi connectivity index (χ0n) is 11.6. The minimum absolute atomic E-state index is 0.396. The molecule has 2 aromatic rings. The van der Waals surface area contributed by atoms with Gasteiger partial charge in [0.2, 0.25) is 0 Å². The monoisotopic (exact) mass is 372 g/mol. The molecule has 2 aromatic carbocycles. The molecule has 2 nitrogen and oxygen atoms in total. The van der Waals surface area contributed by atoms with Crippen molar-refractivity contribution < 1.29 is 22.7 Å². The second-order valence-electron chi connectivity index (χ2n) is 4.57. The number of hydrogen-bond acceptors (Lipinski definition) is 2. The summed E-state index contributed by atoms with van der Waals surface area (Å²) in [5, 5.41) is 0.466. The van der Waals surface area contributed by atoms with Gasteiger partial charge in [0.25, 0.3) is 0 Å². The first-order chi connectivity index (χ1) is 10.4. The molecule has 0 aliphatic rings. The lowest BCUT2D eigenvalue weighted by Crippen LogP contribution is -2.04. The molecule has 0 saturated carbocycles. The quantitative estimate of drug-likeness (QED) is 0.556. The second kappa shape index (κ2) is 6.52. The average Bonchev–Trinajstić information content (AvgIpc) is 2.52. The number of carbonyl (C=O) groups is 1. The molecule has 0 unspecified atom stereocenters. The number of esters is 1. The van der Waals surface area contributed by atoms with Crippen molar-refractivity contribution in [3.05, 3.63) is 59.2 Å². The van der Waals surface area contributed by atoms with Gasteiger partial charge in [-0.3, -0.25) is 0 Å². The third kappa shape index (κ3) is 3.50. The zero-order valence-corrected chi connectivity index (χ0v) is 13.2. The lowest BCUT2D eigenvalue weighted by molar-refractivity contribution is -0.137. The number of rotatable bonds is 3. The summed E-state index contributed by atoms with van der Waals surface area (Å²) in [6, 6.07) is 9.87. The minimum atomic E-state index is -4.36. The van der Waals surface area contributed by atoms with Crippen molar-refractivity contribution in [1.82, 2.24) is 0 Å². The minimum Gasteiger partial charge on any atom is -0.465 e. The van der Waals surface area contributed by atoms with Crippen molar-refractivity contribution in [2.75, 3.05) is 7.11 Å². The molecule has 0 saturated heterocycles. The maximum Gasteiger partial charge on any atom is 0.416 e. The Morgan fingerprint density at radius 2 is 1.77 bits per heavy atom. The van der Waals surface area contributed by atoms with Gasteiger partial charge in [0.1, 0.15) is 0 Å². The summed E-state index contributed by atoms with van der Waals surface area (Å²) in [4.78, 5) is 11.5. The van der Waals surface area contributed by atoms with E-state index in [4.69, 9.17) is 0 Å². The molecular formula is C16H12BrF3O2. The van der Waals surface area contributed by atoms with Crippen molar-refractivity contribution >= 4 is 21.9 Å². The molecule has 0 spiro atoms. The van der Waals surface area contributed by atoms with E-state index in [1.165, 1.54) is 19.2 Å². The molecule has 116 valence electrons. The van der Waals surface area contributed by atoms with Crippen LogP contribution in [0.3, 0.4) is 0 Å². The normalized spacial score (nSPS) is 11.3. The van der Waals surface area contributed by atoms with Crippen molar-refractivity contribution in [1.29, 1.82) is 0 Å². The number of hydrogen-bond donors (Lipinski definition) is 0. The van der Waals surface area contributed by atoms with Crippen LogP contribution in [0.25, 0.3) is 11.1 Å². The third-order valence-electron chi connectivity index (χ3n) is 3.19. The van der Waals surface area contributed by atoms with Crippen molar-refractivity contribution in [2.45, 2.75) is 11.5 Å². The fraction of sp³-hybridized carbons (Fsp3) is 0.188. The van der Waals surface area contributed by atoms with Gasteiger partial charge in [-0.15, -0.1) is 0 Å². The summed E-state index contributed by atoms with van der Waals surface area (Å²) in [5.74, 6) is -0.457. The van der Waals surface area contributed by atoms with E-state index in [0.29, 0.717) is 16.5 Å². The van der Waals surface area contributed by atoms with Crippen LogP contribution < -0.4 is 0 Å². The van der Waals surface area contributed by atoms with Crippen LogP contribution in [0.2, 0.25) is 0 Å². The van der Waals surface area contributed by atoms with E-state index < -0.39 is 17.7 Å². The number of carbonyl (C=O) groups excluding carboxylic acids is 1. The maximum absolute atomic E-state index is 12.6. The summed E-state index contributed by atoms with van der Waals surface area (Å²) in [6.45, 7) is 0. The molecule has 0 radical (unpaired) electrons. The van der Waals surface area contributed by atoms with Gasteiger partial charge >= 0.3 is 12.1 Å². The number of halogens is 4. The summed E-state index contributed by atoms with van der Waals surface area (Å²) < 4.78 is 42.4. The molecule has 0 heterocycles. The lowest BCUT2D eigenvalue weighted by Gasteiger charge is -2.11. The van der Waals surface area contributed by atoms with Crippen LogP contribution >= 0.6 is 15.9 Å². The average molecular weight is 373 g/mol. The van der Waals surface area contributed by atoms with Gasteiger partial charge in [0, 0.05) is 5.33 Å². The van der Waals surface area contributed by atoms with E-state index in [1.807, 2.05) is 0 Å². The highest BCUT2D eigenvalue weighted by Gasteiger charge is 2.30. The first-order valence-corrected chi connectivity index (χ1v) is 7.44. The highest BCUT2D eigenvalue weighted by molar-refractivity contribution is 9.08. The highest BCUT2D eigenvalue weighted by Crippen LogP contribution is 2.32. The molecule has 0 amide bonds. The van der Waals surface area contributed by atoms with Crippen LogP contribution in [0, 0.1) is 0 Å². The molecule has 6 heteroatoms. The van der Waals surface area contributed by atoms with Crippen LogP contribution in [0.1, 0.15) is 21.5 Å². The summed E-state index contributed by atoms with van der Waals surface area (Å²) in [7, 11) is 1.29. The SMILES string of the molecule is COC(=O)c1ccc(-c2ccc(C(F)(F)F)cc2)c(CBr)c1. The van der Waals surface area contributed by atoms with Crippen molar-refractivity contribution in [3.8, 4) is 11.1 Å². The second-order valence-corrected chi connectivity index (χ2v) is 5.13. The smallest absolute Gasteiger partial charge is 0.416 e. The van der Waals surface area contributed by atoms with E-state index in [9.17, 15) is 18.0 Å². The van der Waals surface area contributed by atoms with Gasteiger partial charge in [-0.1, -0.05) is 34.1 Å². The Morgan fingerprint density at radius 1 is 1.14 bits per heavy atom. The van der Waals surface area contributed by atoms with Gasteiger partial charge < -0.3 is 4.74 Å². The van der Waals surface area contributed by atoms with Gasteiger partial charge in [-0.2, -0.15) is 13.2 Å². The van der Waals surface area contributed by atoms with Gasteiger partial charge in [-0.05, 0) is 41.0 Å². The van der Waals surface area contributed by atoms with Crippen molar-refractivity contribution in [3.63, 3.8) is 0 Å². The molecule has 0 aliphatic heterocycles. The highest BCUT2D eigenvalue weighted by atomic mass is 79.9. The Balaban J connectivity index is 2.42. The van der Waals surface area contributed by atoms with Crippen LogP contribution in [0.4, 0.5) is 13.2 Å². The number of benzene rings is 2. The number of methoxy groups -OCH3 is 1. The van der Waals surface area contributed by atoms with E-state index in [-0.39, 0.29) is 0 Å². The predicted octanol–water partition coefficient (Wildman–Crippen LogP) is 5.05. The maximum atomic E-state index is 12.6. The van der Waals surface area contributed by atoms with Crippen LogP contribution in [-0.4, -0.2) is 13.1 Å². The first-order valence-electron chi connectivity index (χ1n) is 6.31. The van der Waals surface area contributed by atoms with Gasteiger partial charge in [0.05, 0.1) is 18.2 Å². The van der Waals surface area contributed by atoms with E-state index >= 15 is 0 Å². The largest absolute Gasteiger partial charge is 0.465 e. The summed E-state index contributed by atoms with van der Waals surface area (Å²) in [6.07, 6.45) is -4.36.